The van der Waals surface area contributed by atoms with Crippen molar-refractivity contribution in [1.82, 2.24) is 4.90 Å². The summed E-state index contributed by atoms with van der Waals surface area (Å²) in [5, 5.41) is 2.05. The summed E-state index contributed by atoms with van der Waals surface area (Å²) in [6.45, 7) is 5.15. The minimum Gasteiger partial charge on any atom is -0.493 e. The molecule has 0 spiro atoms. The van der Waals surface area contributed by atoms with Crippen LogP contribution in [0.1, 0.15) is 39.6 Å². The smallest absolute Gasteiger partial charge is 0.226 e. The molecule has 32 heavy (non-hydrogen) atoms. The Balaban J connectivity index is 1.55. The lowest BCUT2D eigenvalue weighted by molar-refractivity contribution is -0.133. The van der Waals surface area contributed by atoms with E-state index in [1.54, 1.807) is 25.6 Å². The number of amides is 1. The van der Waals surface area contributed by atoms with Gasteiger partial charge in [0.05, 0.1) is 33.3 Å². The summed E-state index contributed by atoms with van der Waals surface area (Å²) in [7, 11) is 3.29. The van der Waals surface area contributed by atoms with Crippen molar-refractivity contribution in [2.75, 3.05) is 27.4 Å². The van der Waals surface area contributed by atoms with E-state index in [4.69, 9.17) is 14.2 Å². The number of methoxy groups -OCH3 is 2. The predicted octanol–water partition coefficient (Wildman–Crippen LogP) is 5.33. The Morgan fingerprint density at radius 2 is 1.84 bits per heavy atom. The molecule has 1 atom stereocenters. The summed E-state index contributed by atoms with van der Waals surface area (Å²) < 4.78 is 16.9. The number of hydrogen-bond acceptors (Lipinski definition) is 5. The third-order valence-corrected chi connectivity index (χ3v) is 6.99. The molecule has 2 heterocycles. The normalized spacial score (nSPS) is 15.2. The highest BCUT2D eigenvalue weighted by Crippen LogP contribution is 2.42. The number of benzene rings is 2. The molecule has 0 aliphatic carbocycles. The van der Waals surface area contributed by atoms with Crippen molar-refractivity contribution in [2.24, 2.45) is 0 Å². The number of ether oxygens (including phenoxy) is 3. The molecule has 1 aliphatic rings. The molecular formula is C26H29NO4S. The van der Waals surface area contributed by atoms with Gasteiger partial charge in [-0.15, -0.1) is 11.3 Å². The van der Waals surface area contributed by atoms with E-state index in [1.807, 2.05) is 41.3 Å². The van der Waals surface area contributed by atoms with Crippen LogP contribution in [0.3, 0.4) is 0 Å². The molecule has 4 rings (SSSR count). The second-order valence-electron chi connectivity index (χ2n) is 8.01. The number of hydrogen-bond donors (Lipinski definition) is 0. The van der Waals surface area contributed by atoms with E-state index in [1.165, 1.54) is 16.7 Å². The summed E-state index contributed by atoms with van der Waals surface area (Å²) in [6.07, 6.45) is 1.11. The van der Waals surface area contributed by atoms with Crippen molar-refractivity contribution in [2.45, 2.75) is 32.7 Å². The van der Waals surface area contributed by atoms with E-state index in [0.29, 0.717) is 25.3 Å². The number of fused-ring (bicyclic) bond motifs is 1. The van der Waals surface area contributed by atoms with Gasteiger partial charge < -0.3 is 19.1 Å². The summed E-state index contributed by atoms with van der Waals surface area (Å²) in [6, 6.07) is 14.1. The van der Waals surface area contributed by atoms with Gasteiger partial charge in [-0.3, -0.25) is 4.79 Å². The lowest BCUT2D eigenvalue weighted by Gasteiger charge is -2.37. The highest BCUT2D eigenvalue weighted by molar-refractivity contribution is 7.10. The molecule has 1 aromatic heterocycles. The highest BCUT2D eigenvalue weighted by atomic mass is 32.1. The van der Waals surface area contributed by atoms with Crippen LogP contribution >= 0.6 is 11.3 Å². The minimum atomic E-state index is -0.132. The number of thiophene rings is 1. The third kappa shape index (κ3) is 4.46. The fourth-order valence-electron chi connectivity index (χ4n) is 4.17. The predicted molar refractivity (Wildman–Crippen MR) is 127 cm³/mol. The molecule has 168 valence electrons. The first-order valence-electron chi connectivity index (χ1n) is 10.8. The first-order chi connectivity index (χ1) is 15.5. The molecule has 0 saturated carbocycles. The van der Waals surface area contributed by atoms with Gasteiger partial charge in [0.2, 0.25) is 5.91 Å². The van der Waals surface area contributed by atoms with E-state index in [0.717, 1.165) is 28.4 Å². The average molecular weight is 452 g/mol. The van der Waals surface area contributed by atoms with Crippen molar-refractivity contribution in [3.63, 3.8) is 0 Å². The van der Waals surface area contributed by atoms with Crippen molar-refractivity contribution in [1.29, 1.82) is 0 Å². The molecule has 0 fully saturated rings. The van der Waals surface area contributed by atoms with Crippen LogP contribution in [0.25, 0.3) is 0 Å². The van der Waals surface area contributed by atoms with Crippen LogP contribution in [-0.2, 0) is 11.2 Å². The largest absolute Gasteiger partial charge is 0.493 e. The van der Waals surface area contributed by atoms with Gasteiger partial charge in [-0.25, -0.2) is 0 Å². The SMILES string of the molecule is COc1cc2c(cc1OC)C(c1cccs1)N(C(=O)CCOc1ccc(C)c(C)c1)CC2. The zero-order valence-corrected chi connectivity index (χ0v) is 19.8. The Morgan fingerprint density at radius 1 is 1.06 bits per heavy atom. The number of nitrogens with zero attached hydrogens (tertiary/aromatic N) is 1. The third-order valence-electron chi connectivity index (χ3n) is 6.07. The maximum Gasteiger partial charge on any atom is 0.226 e. The molecular weight excluding hydrogens is 422 g/mol. The second-order valence-corrected chi connectivity index (χ2v) is 8.98. The molecule has 2 aromatic carbocycles. The second kappa shape index (κ2) is 9.65. The molecule has 0 saturated heterocycles. The van der Waals surface area contributed by atoms with Crippen molar-refractivity contribution in [3.05, 3.63) is 75.0 Å². The fourth-order valence-corrected chi connectivity index (χ4v) is 5.03. The van der Waals surface area contributed by atoms with Crippen molar-refractivity contribution >= 4 is 17.2 Å². The van der Waals surface area contributed by atoms with E-state index >= 15 is 0 Å². The summed E-state index contributed by atoms with van der Waals surface area (Å²) in [4.78, 5) is 16.4. The number of carbonyl (C=O) groups excluding carboxylic acids is 1. The van der Waals surface area contributed by atoms with Gasteiger partial charge in [0, 0.05) is 11.4 Å². The van der Waals surface area contributed by atoms with Crippen LogP contribution in [-0.4, -0.2) is 38.2 Å². The van der Waals surface area contributed by atoms with Crippen LogP contribution < -0.4 is 14.2 Å². The van der Waals surface area contributed by atoms with Gasteiger partial charge in [-0.05, 0) is 78.2 Å². The Kier molecular flexibility index (Phi) is 6.70. The van der Waals surface area contributed by atoms with Crippen LogP contribution in [0.4, 0.5) is 0 Å². The average Bonchev–Trinajstić information content (AvgIpc) is 3.34. The van der Waals surface area contributed by atoms with Gasteiger partial charge in [-0.1, -0.05) is 12.1 Å². The van der Waals surface area contributed by atoms with Crippen LogP contribution in [0, 0.1) is 13.8 Å². The van der Waals surface area contributed by atoms with Gasteiger partial charge in [-0.2, -0.15) is 0 Å². The lowest BCUT2D eigenvalue weighted by Crippen LogP contribution is -2.40. The molecule has 6 heteroatoms. The lowest BCUT2D eigenvalue weighted by atomic mass is 9.90. The Morgan fingerprint density at radius 3 is 2.53 bits per heavy atom. The summed E-state index contributed by atoms with van der Waals surface area (Å²) >= 11 is 1.66. The molecule has 3 aromatic rings. The topological polar surface area (TPSA) is 48.0 Å². The highest BCUT2D eigenvalue weighted by Gasteiger charge is 2.33. The maximum atomic E-state index is 13.3. The van der Waals surface area contributed by atoms with E-state index in [2.05, 4.69) is 25.3 Å². The van der Waals surface area contributed by atoms with Crippen LogP contribution in [0.2, 0.25) is 0 Å². The van der Waals surface area contributed by atoms with Crippen molar-refractivity contribution < 1.29 is 19.0 Å². The van der Waals surface area contributed by atoms with Gasteiger partial charge in [0.25, 0.3) is 0 Å². The van der Waals surface area contributed by atoms with E-state index < -0.39 is 0 Å². The van der Waals surface area contributed by atoms with Crippen LogP contribution in [0.5, 0.6) is 17.2 Å². The Hall–Kier alpha value is -2.99. The Bertz CT molecular complexity index is 1090. The quantitative estimate of drug-likeness (QED) is 0.487. The molecule has 0 radical (unpaired) electrons. The first-order valence-corrected chi connectivity index (χ1v) is 11.7. The van der Waals surface area contributed by atoms with E-state index in [9.17, 15) is 4.79 Å². The van der Waals surface area contributed by atoms with Gasteiger partial charge in [0.1, 0.15) is 5.75 Å². The molecule has 5 nitrogen and oxygen atoms in total. The van der Waals surface area contributed by atoms with Gasteiger partial charge in [0.15, 0.2) is 11.5 Å². The number of aryl methyl sites for hydroxylation is 2. The monoisotopic (exact) mass is 451 g/mol. The summed E-state index contributed by atoms with van der Waals surface area (Å²) in [5.74, 6) is 2.29. The first kappa shape index (κ1) is 22.2. The molecule has 0 N–H and O–H groups in total. The standard InChI is InChI=1S/C26H29NO4S/c1-17-7-8-20(14-18(17)2)31-12-10-25(28)27-11-9-19-15-22(29-3)23(30-4)16-21(19)26(27)24-6-5-13-32-24/h5-8,13-16,26H,9-12H2,1-4H3. The Labute approximate surface area is 193 Å². The van der Waals surface area contributed by atoms with Gasteiger partial charge >= 0.3 is 0 Å². The molecule has 0 bridgehead atoms. The molecule has 1 amide bonds. The van der Waals surface area contributed by atoms with Crippen LogP contribution in [0.15, 0.2) is 47.8 Å². The summed E-state index contributed by atoms with van der Waals surface area (Å²) in [5.41, 5.74) is 4.70. The zero-order valence-electron chi connectivity index (χ0n) is 19.0. The van der Waals surface area contributed by atoms with Crippen molar-refractivity contribution in [3.8, 4) is 17.2 Å². The number of rotatable bonds is 7. The van der Waals surface area contributed by atoms with E-state index in [-0.39, 0.29) is 11.9 Å². The maximum absolute atomic E-state index is 13.3. The number of carbonyl (C=O) groups is 1. The zero-order chi connectivity index (χ0) is 22.7. The molecule has 1 unspecified atom stereocenters. The fraction of sp³-hybridized carbons (Fsp3) is 0.346. The molecule has 1 aliphatic heterocycles. The minimum absolute atomic E-state index is 0.0904.